The van der Waals surface area contributed by atoms with Gasteiger partial charge in [-0.15, -0.1) is 0 Å². The van der Waals surface area contributed by atoms with E-state index in [1.54, 1.807) is 12.4 Å². The van der Waals surface area contributed by atoms with Gasteiger partial charge in [0.2, 0.25) is 5.95 Å². The Morgan fingerprint density at radius 3 is 2.71 bits per heavy atom. The summed E-state index contributed by atoms with van der Waals surface area (Å²) >= 11 is 0. The maximum absolute atomic E-state index is 5.31. The second kappa shape index (κ2) is 6.59. The first-order valence-electron chi connectivity index (χ1n) is 7.04. The van der Waals surface area contributed by atoms with E-state index in [9.17, 15) is 0 Å². The molecule has 1 fully saturated rings. The molecule has 3 rings (SSSR count). The Balaban J connectivity index is 1.66. The maximum atomic E-state index is 5.31. The molecule has 0 bridgehead atoms. The lowest BCUT2D eigenvalue weighted by atomic mass is 10.3. The van der Waals surface area contributed by atoms with Gasteiger partial charge in [-0.05, 0) is 6.92 Å². The van der Waals surface area contributed by atoms with Crippen molar-refractivity contribution in [2.45, 2.75) is 13.5 Å². The van der Waals surface area contributed by atoms with Crippen molar-refractivity contribution in [2.75, 3.05) is 38.2 Å². The van der Waals surface area contributed by atoms with Crippen molar-refractivity contribution in [3.05, 3.63) is 18.2 Å². The van der Waals surface area contributed by atoms with E-state index in [-0.39, 0.29) is 0 Å². The maximum Gasteiger partial charge on any atom is 0.261 e. The van der Waals surface area contributed by atoms with Crippen LogP contribution in [0.25, 0.3) is 11.5 Å². The number of nitrogens with zero attached hydrogens (tertiary/aromatic N) is 5. The summed E-state index contributed by atoms with van der Waals surface area (Å²) in [6.45, 7) is 6.74. The predicted molar refractivity (Wildman–Crippen MR) is 75.6 cm³/mol. The lowest BCUT2D eigenvalue weighted by Gasteiger charge is -2.24. The summed E-state index contributed by atoms with van der Waals surface area (Å²) < 4.78 is 10.6. The molecule has 8 heteroatoms. The molecule has 112 valence electrons. The van der Waals surface area contributed by atoms with Crippen LogP contribution < -0.4 is 5.32 Å². The highest BCUT2D eigenvalue weighted by Gasteiger charge is 2.15. The molecule has 0 aliphatic carbocycles. The molecule has 1 saturated heterocycles. The van der Waals surface area contributed by atoms with Crippen LogP contribution >= 0.6 is 0 Å². The van der Waals surface area contributed by atoms with Crippen LogP contribution in [0.4, 0.5) is 5.95 Å². The van der Waals surface area contributed by atoms with E-state index in [4.69, 9.17) is 9.26 Å². The molecule has 0 spiro atoms. The fraction of sp³-hybridized carbons (Fsp3) is 0.538. The van der Waals surface area contributed by atoms with Gasteiger partial charge in [0.05, 0.1) is 25.3 Å². The molecular weight excluding hydrogens is 272 g/mol. The lowest BCUT2D eigenvalue weighted by Crippen LogP contribution is -2.35. The Labute approximate surface area is 122 Å². The van der Waals surface area contributed by atoms with E-state index in [2.05, 4.69) is 30.3 Å². The quantitative estimate of drug-likeness (QED) is 0.864. The highest BCUT2D eigenvalue weighted by atomic mass is 16.5. The molecule has 2 aromatic rings. The van der Waals surface area contributed by atoms with Crippen molar-refractivity contribution in [2.24, 2.45) is 0 Å². The van der Waals surface area contributed by atoms with Crippen LogP contribution in [-0.4, -0.2) is 57.9 Å². The van der Waals surface area contributed by atoms with Crippen molar-refractivity contribution in [1.82, 2.24) is 25.0 Å². The zero-order valence-corrected chi connectivity index (χ0v) is 11.9. The van der Waals surface area contributed by atoms with Crippen molar-refractivity contribution >= 4 is 5.95 Å². The highest BCUT2D eigenvalue weighted by Crippen LogP contribution is 2.16. The van der Waals surface area contributed by atoms with Gasteiger partial charge in [0.15, 0.2) is 5.82 Å². The van der Waals surface area contributed by atoms with Crippen molar-refractivity contribution in [1.29, 1.82) is 0 Å². The van der Waals surface area contributed by atoms with E-state index in [1.165, 1.54) is 0 Å². The third-order valence-electron chi connectivity index (χ3n) is 3.17. The van der Waals surface area contributed by atoms with Crippen LogP contribution in [0.2, 0.25) is 0 Å². The van der Waals surface area contributed by atoms with E-state index >= 15 is 0 Å². The minimum Gasteiger partial charge on any atom is -0.379 e. The third-order valence-corrected chi connectivity index (χ3v) is 3.17. The Morgan fingerprint density at radius 2 is 2.00 bits per heavy atom. The zero-order valence-electron chi connectivity index (χ0n) is 11.9. The smallest absolute Gasteiger partial charge is 0.261 e. The first kappa shape index (κ1) is 13.9. The van der Waals surface area contributed by atoms with Crippen LogP contribution in [-0.2, 0) is 11.3 Å². The number of aromatic nitrogens is 4. The Kier molecular flexibility index (Phi) is 4.37. The van der Waals surface area contributed by atoms with Crippen LogP contribution in [0.15, 0.2) is 16.9 Å². The summed E-state index contributed by atoms with van der Waals surface area (Å²) in [7, 11) is 0. The fourth-order valence-electron chi connectivity index (χ4n) is 2.08. The standard InChI is InChI=1S/C13H18N6O2/c1-2-14-13-15-7-10(8-16-13)12-17-11(18-21-12)9-19-3-5-20-6-4-19/h7-8H,2-6,9H2,1H3,(H,14,15,16). The van der Waals surface area contributed by atoms with Gasteiger partial charge in [-0.1, -0.05) is 5.16 Å². The van der Waals surface area contributed by atoms with Gasteiger partial charge >= 0.3 is 0 Å². The Bertz CT molecular complexity index is 564. The molecule has 3 heterocycles. The van der Waals surface area contributed by atoms with E-state index in [1.807, 2.05) is 6.92 Å². The van der Waals surface area contributed by atoms with Gasteiger partial charge in [0.25, 0.3) is 5.89 Å². The average Bonchev–Trinajstić information content (AvgIpc) is 2.98. The summed E-state index contributed by atoms with van der Waals surface area (Å²) in [4.78, 5) is 15.0. The second-order valence-electron chi connectivity index (χ2n) is 4.73. The van der Waals surface area contributed by atoms with Crippen LogP contribution in [0, 0.1) is 0 Å². The van der Waals surface area contributed by atoms with Gasteiger partial charge in [0, 0.05) is 32.0 Å². The zero-order chi connectivity index (χ0) is 14.5. The van der Waals surface area contributed by atoms with Crippen LogP contribution in [0.5, 0.6) is 0 Å². The molecule has 1 N–H and O–H groups in total. The summed E-state index contributed by atoms with van der Waals surface area (Å²) in [5.74, 6) is 1.71. The van der Waals surface area contributed by atoms with Gasteiger partial charge < -0.3 is 14.6 Å². The molecule has 0 amide bonds. The number of nitrogens with one attached hydrogen (secondary N) is 1. The van der Waals surface area contributed by atoms with E-state index in [0.717, 1.165) is 38.4 Å². The molecule has 1 aliphatic rings. The fourth-order valence-corrected chi connectivity index (χ4v) is 2.08. The highest BCUT2D eigenvalue weighted by molar-refractivity contribution is 5.50. The minimum atomic E-state index is 0.446. The lowest BCUT2D eigenvalue weighted by molar-refractivity contribution is 0.0327. The Hall–Kier alpha value is -2.06. The number of rotatable bonds is 5. The van der Waals surface area contributed by atoms with Crippen molar-refractivity contribution in [3.8, 4) is 11.5 Å². The molecule has 0 unspecified atom stereocenters. The molecule has 1 aliphatic heterocycles. The minimum absolute atomic E-state index is 0.446. The summed E-state index contributed by atoms with van der Waals surface area (Å²) in [6.07, 6.45) is 3.36. The van der Waals surface area contributed by atoms with E-state index in [0.29, 0.717) is 24.2 Å². The summed E-state index contributed by atoms with van der Waals surface area (Å²) in [5.41, 5.74) is 0.720. The average molecular weight is 290 g/mol. The molecule has 0 atom stereocenters. The Morgan fingerprint density at radius 1 is 1.24 bits per heavy atom. The summed E-state index contributed by atoms with van der Waals surface area (Å²) in [6, 6.07) is 0. The number of hydrogen-bond donors (Lipinski definition) is 1. The summed E-state index contributed by atoms with van der Waals surface area (Å²) in [5, 5.41) is 7.04. The molecule has 0 saturated carbocycles. The third kappa shape index (κ3) is 3.53. The monoisotopic (exact) mass is 290 g/mol. The predicted octanol–water partition coefficient (Wildman–Crippen LogP) is 0.791. The first-order valence-corrected chi connectivity index (χ1v) is 7.04. The topological polar surface area (TPSA) is 89.2 Å². The van der Waals surface area contributed by atoms with Crippen molar-refractivity contribution in [3.63, 3.8) is 0 Å². The molecular formula is C13H18N6O2. The number of ether oxygens (including phenoxy) is 1. The molecule has 8 nitrogen and oxygen atoms in total. The first-order chi connectivity index (χ1) is 10.3. The molecule has 0 aromatic carbocycles. The van der Waals surface area contributed by atoms with Gasteiger partial charge in [0.1, 0.15) is 0 Å². The number of anilines is 1. The molecule has 21 heavy (non-hydrogen) atoms. The van der Waals surface area contributed by atoms with Gasteiger partial charge in [-0.2, -0.15) is 4.98 Å². The number of hydrogen-bond acceptors (Lipinski definition) is 8. The normalized spacial score (nSPS) is 16.0. The van der Waals surface area contributed by atoms with Crippen LogP contribution in [0.3, 0.4) is 0 Å². The van der Waals surface area contributed by atoms with Gasteiger partial charge in [-0.25, -0.2) is 9.97 Å². The van der Waals surface area contributed by atoms with Crippen molar-refractivity contribution < 1.29 is 9.26 Å². The largest absolute Gasteiger partial charge is 0.379 e. The molecule has 0 radical (unpaired) electrons. The van der Waals surface area contributed by atoms with Gasteiger partial charge in [-0.3, -0.25) is 4.90 Å². The second-order valence-corrected chi connectivity index (χ2v) is 4.73. The molecule has 2 aromatic heterocycles. The van der Waals surface area contributed by atoms with E-state index < -0.39 is 0 Å². The SMILES string of the molecule is CCNc1ncc(-c2nc(CN3CCOCC3)no2)cn1. The number of morpholine rings is 1. The van der Waals surface area contributed by atoms with Crippen LogP contribution in [0.1, 0.15) is 12.7 Å².